The molecule has 1 fully saturated rings. The van der Waals surface area contributed by atoms with Gasteiger partial charge in [0, 0.05) is 30.1 Å². The van der Waals surface area contributed by atoms with Crippen molar-refractivity contribution in [3.05, 3.63) is 41.6 Å². The molecule has 3 aromatic rings. The van der Waals surface area contributed by atoms with Gasteiger partial charge in [0.05, 0.1) is 28.1 Å². The van der Waals surface area contributed by atoms with E-state index >= 15 is 0 Å². The van der Waals surface area contributed by atoms with Gasteiger partial charge in [-0.25, -0.2) is 9.97 Å². The lowest BCUT2D eigenvalue weighted by atomic mass is 9.79. The molecular weight excluding hydrogens is 358 g/mol. The molecule has 138 valence electrons. The smallest absolute Gasteiger partial charge is 0.143 e. The second kappa shape index (κ2) is 7.28. The predicted octanol–water partition coefficient (Wildman–Crippen LogP) is 5.41. The average molecular weight is 380 g/mol. The monoisotopic (exact) mass is 379 g/mol. The minimum absolute atomic E-state index is 0.322. The number of nitriles is 1. The molecule has 1 atom stereocenters. The Morgan fingerprint density at radius 2 is 2.00 bits per heavy atom. The number of pyridine rings is 2. The van der Waals surface area contributed by atoms with Crippen LogP contribution in [0, 0.1) is 23.2 Å². The van der Waals surface area contributed by atoms with Crippen LogP contribution in [0.5, 0.6) is 0 Å². The number of hydrogen-bond donors (Lipinski definition) is 0. The molecule has 3 heterocycles. The molecule has 0 bridgehead atoms. The Balaban J connectivity index is 1.84. The third kappa shape index (κ3) is 3.42. The van der Waals surface area contributed by atoms with Gasteiger partial charge in [-0.15, -0.1) is 0 Å². The second-order valence-electron chi connectivity index (χ2n) is 7.64. The lowest BCUT2D eigenvalue weighted by molar-refractivity contribution is 0.227. The number of hydrogen-bond acceptors (Lipinski definition) is 4. The van der Waals surface area contributed by atoms with Gasteiger partial charge in [-0.2, -0.15) is 5.26 Å². The van der Waals surface area contributed by atoms with Gasteiger partial charge in [-0.05, 0) is 37.7 Å². The van der Waals surface area contributed by atoms with Gasteiger partial charge >= 0.3 is 0 Å². The highest BCUT2D eigenvalue weighted by Gasteiger charge is 2.26. The number of aromatic nitrogens is 4. The highest BCUT2D eigenvalue weighted by molar-refractivity contribution is 6.30. The summed E-state index contributed by atoms with van der Waals surface area (Å²) >= 11 is 6.15. The highest BCUT2D eigenvalue weighted by Crippen LogP contribution is 2.38. The largest absolute Gasteiger partial charge is 0.326 e. The molecule has 1 unspecified atom stereocenters. The summed E-state index contributed by atoms with van der Waals surface area (Å²) in [5.74, 6) is 1.44. The topological polar surface area (TPSA) is 67.4 Å². The summed E-state index contributed by atoms with van der Waals surface area (Å²) in [5, 5.41) is 9.93. The molecular formula is C21H22ClN5. The van der Waals surface area contributed by atoms with Crippen LogP contribution in [0.25, 0.3) is 22.3 Å². The molecule has 0 spiro atoms. The van der Waals surface area contributed by atoms with Gasteiger partial charge in [0.1, 0.15) is 11.8 Å². The molecule has 0 aliphatic heterocycles. The van der Waals surface area contributed by atoms with Crippen LogP contribution in [-0.4, -0.2) is 19.5 Å². The maximum Gasteiger partial charge on any atom is 0.143 e. The van der Waals surface area contributed by atoms with Crippen molar-refractivity contribution in [1.29, 1.82) is 5.26 Å². The summed E-state index contributed by atoms with van der Waals surface area (Å²) in [5.41, 5.74) is 3.60. The number of halogens is 1. The van der Waals surface area contributed by atoms with Gasteiger partial charge in [-0.1, -0.05) is 31.4 Å². The number of nitrogens with zero attached hydrogens (tertiary/aromatic N) is 5. The van der Waals surface area contributed by atoms with E-state index in [9.17, 15) is 5.26 Å². The first-order valence-corrected chi connectivity index (χ1v) is 9.83. The normalized spacial score (nSPS) is 21.1. The highest BCUT2D eigenvalue weighted by atomic mass is 35.5. The predicted molar refractivity (Wildman–Crippen MR) is 106 cm³/mol. The Morgan fingerprint density at radius 1 is 1.22 bits per heavy atom. The maximum atomic E-state index is 9.38. The van der Waals surface area contributed by atoms with Crippen LogP contribution in [0.2, 0.25) is 5.02 Å². The van der Waals surface area contributed by atoms with E-state index in [1.54, 1.807) is 18.5 Å². The van der Waals surface area contributed by atoms with E-state index in [1.165, 1.54) is 25.7 Å². The van der Waals surface area contributed by atoms with Crippen LogP contribution in [0.1, 0.15) is 51.3 Å². The number of rotatable bonds is 3. The Bertz CT molecular complexity index is 1010. The Hall–Kier alpha value is -2.45. The van der Waals surface area contributed by atoms with Crippen LogP contribution >= 0.6 is 11.6 Å². The van der Waals surface area contributed by atoms with E-state index in [0.717, 1.165) is 22.5 Å². The molecule has 27 heavy (non-hydrogen) atoms. The molecule has 5 nitrogen and oxygen atoms in total. The zero-order valence-corrected chi connectivity index (χ0v) is 16.3. The first-order chi connectivity index (χ1) is 13.1. The number of fused-ring (bicyclic) bond motifs is 1. The van der Waals surface area contributed by atoms with Gasteiger partial charge in [0.2, 0.25) is 0 Å². The number of imidazole rings is 1. The summed E-state index contributed by atoms with van der Waals surface area (Å²) in [7, 11) is 0. The van der Waals surface area contributed by atoms with Gasteiger partial charge < -0.3 is 4.57 Å². The Kier molecular flexibility index (Phi) is 4.84. The molecule has 0 N–H and O–H groups in total. The second-order valence-corrected chi connectivity index (χ2v) is 8.08. The molecule has 1 aliphatic carbocycles. The van der Waals surface area contributed by atoms with Crippen molar-refractivity contribution >= 4 is 22.6 Å². The minimum atomic E-state index is 0.322. The quantitative estimate of drug-likeness (QED) is 0.610. The fourth-order valence-electron chi connectivity index (χ4n) is 4.16. The molecule has 0 aromatic carbocycles. The summed E-state index contributed by atoms with van der Waals surface area (Å²) in [6.45, 7) is 4.60. The zero-order chi connectivity index (χ0) is 19.0. The van der Waals surface area contributed by atoms with Crippen molar-refractivity contribution < 1.29 is 0 Å². The lowest BCUT2D eigenvalue weighted by Crippen LogP contribution is -2.21. The third-order valence-electron chi connectivity index (χ3n) is 5.83. The lowest BCUT2D eigenvalue weighted by Gasteiger charge is -2.31. The van der Waals surface area contributed by atoms with Crippen LogP contribution in [0.4, 0.5) is 0 Å². The van der Waals surface area contributed by atoms with E-state index in [1.807, 2.05) is 12.4 Å². The Labute approximate surface area is 164 Å². The molecule has 0 saturated heterocycles. The molecule has 4 rings (SSSR count). The van der Waals surface area contributed by atoms with Crippen LogP contribution in [0.3, 0.4) is 0 Å². The van der Waals surface area contributed by atoms with Crippen molar-refractivity contribution in [2.24, 2.45) is 11.8 Å². The first kappa shape index (κ1) is 17.9. The minimum Gasteiger partial charge on any atom is -0.326 e. The van der Waals surface area contributed by atoms with E-state index in [4.69, 9.17) is 11.6 Å². The van der Waals surface area contributed by atoms with E-state index in [0.29, 0.717) is 28.4 Å². The fraction of sp³-hybridized carbons (Fsp3) is 0.429. The molecule has 0 radical (unpaired) electrons. The van der Waals surface area contributed by atoms with Crippen LogP contribution in [0.15, 0.2) is 30.9 Å². The fourth-order valence-corrected chi connectivity index (χ4v) is 4.34. The van der Waals surface area contributed by atoms with Gasteiger partial charge in [0.15, 0.2) is 0 Å². The summed E-state index contributed by atoms with van der Waals surface area (Å²) < 4.78 is 2.22. The van der Waals surface area contributed by atoms with Crippen molar-refractivity contribution in [2.45, 2.75) is 45.6 Å². The van der Waals surface area contributed by atoms with E-state index in [-0.39, 0.29) is 0 Å². The first-order valence-electron chi connectivity index (χ1n) is 9.45. The zero-order valence-electron chi connectivity index (χ0n) is 15.6. The standard InChI is InChI=1S/C21H22ClN5/c1-13-3-5-15(6-4-13)14(2)27-12-25-19-8-18(9-23)26-20(21(19)27)16-7-17(22)11-24-10-16/h7-8,10-15H,3-6H2,1-2H3/t13-,14?,15-. The van der Waals surface area contributed by atoms with Crippen molar-refractivity contribution in [1.82, 2.24) is 19.5 Å². The molecule has 6 heteroatoms. The molecule has 1 saturated carbocycles. The summed E-state index contributed by atoms with van der Waals surface area (Å²) in [4.78, 5) is 13.4. The van der Waals surface area contributed by atoms with Crippen molar-refractivity contribution in [3.8, 4) is 17.3 Å². The third-order valence-corrected chi connectivity index (χ3v) is 6.03. The van der Waals surface area contributed by atoms with Crippen LogP contribution in [-0.2, 0) is 0 Å². The average Bonchev–Trinajstić information content (AvgIpc) is 3.11. The van der Waals surface area contributed by atoms with Gasteiger partial charge in [-0.3, -0.25) is 4.98 Å². The van der Waals surface area contributed by atoms with Gasteiger partial charge in [0.25, 0.3) is 0 Å². The molecule has 3 aromatic heterocycles. The molecule has 1 aliphatic rings. The summed E-state index contributed by atoms with van der Waals surface area (Å²) in [6, 6.07) is 6.05. The van der Waals surface area contributed by atoms with Crippen molar-refractivity contribution in [2.75, 3.05) is 0 Å². The van der Waals surface area contributed by atoms with E-state index in [2.05, 4.69) is 39.4 Å². The SMILES string of the molecule is CC([C@H]1CC[C@H](C)CC1)n1cnc2cc(C#N)nc(-c3cncc(Cl)c3)c21. The summed E-state index contributed by atoms with van der Waals surface area (Å²) in [6.07, 6.45) is 10.3. The maximum absolute atomic E-state index is 9.38. The van der Waals surface area contributed by atoms with E-state index < -0.39 is 0 Å². The van der Waals surface area contributed by atoms with Crippen molar-refractivity contribution in [3.63, 3.8) is 0 Å². The molecule has 0 amide bonds. The Morgan fingerprint density at radius 3 is 2.70 bits per heavy atom. The van der Waals surface area contributed by atoms with Crippen LogP contribution < -0.4 is 0 Å².